The highest BCUT2D eigenvalue weighted by atomic mass is 32.1. The first-order valence-electron chi connectivity index (χ1n) is 6.41. The van der Waals surface area contributed by atoms with Crippen LogP contribution in [0.25, 0.3) is 0 Å². The van der Waals surface area contributed by atoms with Crippen molar-refractivity contribution in [2.24, 2.45) is 16.6 Å². The molecule has 1 aromatic rings. The van der Waals surface area contributed by atoms with Crippen LogP contribution in [0.3, 0.4) is 0 Å². The third-order valence-electron chi connectivity index (χ3n) is 4.44. The number of hydrogen-bond acceptors (Lipinski definition) is 3. The summed E-state index contributed by atoms with van der Waals surface area (Å²) in [6.07, 6.45) is 3.93. The van der Waals surface area contributed by atoms with Gasteiger partial charge in [-0.25, -0.2) is 0 Å². The number of nitrogens with two attached hydrogens (primary N) is 1. The molecule has 2 unspecified atom stereocenters. The molecule has 3 heteroatoms. The van der Waals surface area contributed by atoms with Crippen LogP contribution in [0.2, 0.25) is 0 Å². The second-order valence-corrected chi connectivity index (χ2v) is 7.07. The van der Waals surface area contributed by atoms with Crippen molar-refractivity contribution in [1.29, 1.82) is 0 Å². The highest BCUT2D eigenvalue weighted by Crippen LogP contribution is 2.51. The maximum absolute atomic E-state index is 10.5. The van der Waals surface area contributed by atoms with Gasteiger partial charge in [-0.3, -0.25) is 0 Å². The monoisotopic (exact) mass is 253 g/mol. The van der Waals surface area contributed by atoms with E-state index in [0.29, 0.717) is 6.54 Å². The Labute approximate surface area is 108 Å². The molecule has 1 aromatic heterocycles. The lowest BCUT2D eigenvalue weighted by molar-refractivity contribution is -0.00881. The minimum absolute atomic E-state index is 0.0226. The summed E-state index contributed by atoms with van der Waals surface area (Å²) in [7, 11) is 0. The predicted octanol–water partition coefficient (Wildman–Crippen LogP) is 2.81. The van der Waals surface area contributed by atoms with Crippen LogP contribution < -0.4 is 5.73 Å². The summed E-state index contributed by atoms with van der Waals surface area (Å²) < 4.78 is 0. The molecule has 1 aliphatic carbocycles. The molecule has 0 saturated heterocycles. The van der Waals surface area contributed by atoms with Crippen LogP contribution >= 0.6 is 11.3 Å². The van der Waals surface area contributed by atoms with Crippen molar-refractivity contribution in [3.8, 4) is 0 Å². The molecule has 0 radical (unpaired) electrons. The third kappa shape index (κ3) is 2.42. The molecule has 2 rings (SSSR count). The molecule has 0 amide bonds. The maximum Gasteiger partial charge on any atom is 0.0659 e. The second-order valence-electron chi connectivity index (χ2n) is 6.04. The first-order chi connectivity index (χ1) is 8.00. The van der Waals surface area contributed by atoms with Gasteiger partial charge in [-0.15, -0.1) is 11.3 Å². The molecule has 0 bridgehead atoms. The molecule has 0 spiro atoms. The standard InChI is InChI=1S/C14H23NOS/c1-13(2)7-8-14(10-15,12(13)16)6-5-11-4-3-9-17-11/h3-4,9,12,16H,5-8,10,15H2,1-2H3. The quantitative estimate of drug-likeness (QED) is 0.866. The number of aliphatic hydroxyl groups excluding tert-OH is 1. The number of aliphatic hydroxyl groups is 1. The van der Waals surface area contributed by atoms with E-state index in [1.54, 1.807) is 11.3 Å². The first-order valence-corrected chi connectivity index (χ1v) is 7.29. The summed E-state index contributed by atoms with van der Waals surface area (Å²) in [5.74, 6) is 0. The topological polar surface area (TPSA) is 46.2 Å². The van der Waals surface area contributed by atoms with E-state index < -0.39 is 0 Å². The van der Waals surface area contributed by atoms with Crippen molar-refractivity contribution in [1.82, 2.24) is 0 Å². The molecule has 0 aromatic carbocycles. The van der Waals surface area contributed by atoms with Crippen LogP contribution in [-0.2, 0) is 6.42 Å². The van der Waals surface area contributed by atoms with Gasteiger partial charge in [0, 0.05) is 16.8 Å². The van der Waals surface area contributed by atoms with Gasteiger partial charge in [0.15, 0.2) is 0 Å². The second kappa shape index (κ2) is 4.71. The Bertz CT molecular complexity index is 360. The van der Waals surface area contributed by atoms with Crippen molar-refractivity contribution in [3.05, 3.63) is 22.4 Å². The van der Waals surface area contributed by atoms with Gasteiger partial charge in [0.05, 0.1) is 6.10 Å². The predicted molar refractivity (Wildman–Crippen MR) is 73.1 cm³/mol. The number of rotatable bonds is 4. The first kappa shape index (κ1) is 13.1. The lowest BCUT2D eigenvalue weighted by Gasteiger charge is -2.36. The molecule has 1 heterocycles. The molecule has 1 saturated carbocycles. The normalized spacial score (nSPS) is 31.9. The average molecular weight is 253 g/mol. The van der Waals surface area contributed by atoms with Crippen LogP contribution in [-0.4, -0.2) is 17.8 Å². The van der Waals surface area contributed by atoms with Gasteiger partial charge < -0.3 is 10.8 Å². The molecule has 1 aliphatic rings. The van der Waals surface area contributed by atoms with Gasteiger partial charge >= 0.3 is 0 Å². The fourth-order valence-electron chi connectivity index (χ4n) is 3.08. The van der Waals surface area contributed by atoms with E-state index in [0.717, 1.165) is 25.7 Å². The highest BCUT2D eigenvalue weighted by molar-refractivity contribution is 7.09. The van der Waals surface area contributed by atoms with E-state index in [4.69, 9.17) is 5.73 Å². The Morgan fingerprint density at radius 2 is 2.24 bits per heavy atom. The fourth-order valence-corrected chi connectivity index (χ4v) is 3.79. The number of hydrogen-bond donors (Lipinski definition) is 2. The Kier molecular flexibility index (Phi) is 3.62. The lowest BCUT2D eigenvalue weighted by Crippen LogP contribution is -2.43. The van der Waals surface area contributed by atoms with E-state index >= 15 is 0 Å². The Balaban J connectivity index is 2.06. The van der Waals surface area contributed by atoms with E-state index in [2.05, 4.69) is 31.4 Å². The number of aryl methyl sites for hydroxylation is 1. The van der Waals surface area contributed by atoms with Crippen molar-refractivity contribution in [3.63, 3.8) is 0 Å². The van der Waals surface area contributed by atoms with Gasteiger partial charge in [0.2, 0.25) is 0 Å². The lowest BCUT2D eigenvalue weighted by atomic mass is 9.75. The average Bonchev–Trinajstić information content (AvgIpc) is 2.88. The molecule has 3 N–H and O–H groups in total. The van der Waals surface area contributed by atoms with Crippen LogP contribution in [0.1, 0.15) is 38.0 Å². The van der Waals surface area contributed by atoms with Crippen LogP contribution in [0, 0.1) is 10.8 Å². The van der Waals surface area contributed by atoms with Crippen molar-refractivity contribution in [2.45, 2.75) is 45.6 Å². The third-order valence-corrected chi connectivity index (χ3v) is 5.38. The fraction of sp³-hybridized carbons (Fsp3) is 0.714. The SMILES string of the molecule is CC1(C)CCC(CN)(CCc2cccs2)C1O. The van der Waals surface area contributed by atoms with Crippen LogP contribution in [0.15, 0.2) is 17.5 Å². The Hall–Kier alpha value is -0.380. The summed E-state index contributed by atoms with van der Waals surface area (Å²) >= 11 is 1.79. The summed E-state index contributed by atoms with van der Waals surface area (Å²) in [4.78, 5) is 1.40. The molecule has 0 aliphatic heterocycles. The van der Waals surface area contributed by atoms with Crippen LogP contribution in [0.4, 0.5) is 0 Å². The number of thiophene rings is 1. The molecular weight excluding hydrogens is 230 g/mol. The van der Waals surface area contributed by atoms with Crippen molar-refractivity contribution < 1.29 is 5.11 Å². The minimum Gasteiger partial charge on any atom is -0.392 e. The van der Waals surface area contributed by atoms with E-state index in [1.165, 1.54) is 4.88 Å². The molecule has 17 heavy (non-hydrogen) atoms. The maximum atomic E-state index is 10.5. The minimum atomic E-state index is -0.264. The van der Waals surface area contributed by atoms with Gasteiger partial charge in [0.25, 0.3) is 0 Å². The molecule has 1 fully saturated rings. The summed E-state index contributed by atoms with van der Waals surface area (Å²) in [6, 6.07) is 4.26. The van der Waals surface area contributed by atoms with Crippen molar-refractivity contribution in [2.75, 3.05) is 6.54 Å². The zero-order valence-corrected chi connectivity index (χ0v) is 11.6. The van der Waals surface area contributed by atoms with Gasteiger partial charge in [0.1, 0.15) is 0 Å². The van der Waals surface area contributed by atoms with E-state index in [9.17, 15) is 5.11 Å². The smallest absolute Gasteiger partial charge is 0.0659 e. The van der Waals surface area contributed by atoms with Crippen molar-refractivity contribution >= 4 is 11.3 Å². The highest BCUT2D eigenvalue weighted by Gasteiger charge is 2.50. The molecule has 96 valence electrons. The molecule has 2 nitrogen and oxygen atoms in total. The summed E-state index contributed by atoms with van der Waals surface area (Å²) in [5, 5.41) is 12.6. The van der Waals surface area contributed by atoms with Gasteiger partial charge in [-0.1, -0.05) is 19.9 Å². The van der Waals surface area contributed by atoms with E-state index in [-0.39, 0.29) is 16.9 Å². The molecular formula is C14H23NOS. The van der Waals surface area contributed by atoms with E-state index in [1.807, 2.05) is 0 Å². The zero-order chi connectivity index (χ0) is 12.5. The van der Waals surface area contributed by atoms with Gasteiger partial charge in [-0.05, 0) is 42.5 Å². The largest absolute Gasteiger partial charge is 0.392 e. The van der Waals surface area contributed by atoms with Crippen LogP contribution in [0.5, 0.6) is 0 Å². The summed E-state index contributed by atoms with van der Waals surface area (Å²) in [6.45, 7) is 4.91. The Morgan fingerprint density at radius 1 is 1.47 bits per heavy atom. The zero-order valence-electron chi connectivity index (χ0n) is 10.8. The van der Waals surface area contributed by atoms with Gasteiger partial charge in [-0.2, -0.15) is 0 Å². The summed E-state index contributed by atoms with van der Waals surface area (Å²) in [5.41, 5.74) is 5.92. The Morgan fingerprint density at radius 3 is 2.71 bits per heavy atom. The molecule has 2 atom stereocenters.